The summed E-state index contributed by atoms with van der Waals surface area (Å²) in [5.41, 5.74) is 9.80. The SMILES string of the molecule is Cc1ccc(C(N)=S)c(N(C)c2ccccc2C)n1. The molecule has 0 aliphatic carbocycles. The Hall–Kier alpha value is -1.94. The van der Waals surface area contributed by atoms with Gasteiger partial charge in [0, 0.05) is 18.4 Å². The van der Waals surface area contributed by atoms with Crippen LogP contribution in [0.1, 0.15) is 16.8 Å². The van der Waals surface area contributed by atoms with E-state index in [0.29, 0.717) is 4.99 Å². The van der Waals surface area contributed by atoms with Crippen LogP contribution in [0.2, 0.25) is 0 Å². The molecule has 2 N–H and O–H groups in total. The highest BCUT2D eigenvalue weighted by Gasteiger charge is 2.14. The van der Waals surface area contributed by atoms with Crippen LogP contribution in [0.25, 0.3) is 0 Å². The van der Waals surface area contributed by atoms with E-state index in [4.69, 9.17) is 18.0 Å². The maximum absolute atomic E-state index is 5.78. The van der Waals surface area contributed by atoms with Crippen molar-refractivity contribution in [3.8, 4) is 0 Å². The van der Waals surface area contributed by atoms with Gasteiger partial charge in [0.2, 0.25) is 0 Å². The van der Waals surface area contributed by atoms with Crippen LogP contribution in [-0.2, 0) is 0 Å². The average Bonchev–Trinajstić information content (AvgIpc) is 2.38. The Morgan fingerprint density at radius 2 is 1.84 bits per heavy atom. The molecule has 0 aliphatic heterocycles. The Kier molecular flexibility index (Phi) is 3.81. The van der Waals surface area contributed by atoms with Gasteiger partial charge in [-0.15, -0.1) is 0 Å². The molecular formula is C15H17N3S. The van der Waals surface area contributed by atoms with Crippen LogP contribution < -0.4 is 10.6 Å². The summed E-state index contributed by atoms with van der Waals surface area (Å²) in [4.78, 5) is 6.96. The van der Waals surface area contributed by atoms with E-state index in [0.717, 1.165) is 22.8 Å². The van der Waals surface area contributed by atoms with Crippen molar-refractivity contribution in [1.82, 2.24) is 4.98 Å². The quantitative estimate of drug-likeness (QED) is 0.871. The highest BCUT2D eigenvalue weighted by Crippen LogP contribution is 2.27. The summed E-state index contributed by atoms with van der Waals surface area (Å²) in [7, 11) is 1.98. The first-order valence-corrected chi connectivity index (χ1v) is 6.48. The zero-order chi connectivity index (χ0) is 14.0. The predicted molar refractivity (Wildman–Crippen MR) is 84.1 cm³/mol. The Morgan fingerprint density at radius 1 is 1.16 bits per heavy atom. The lowest BCUT2D eigenvalue weighted by molar-refractivity contribution is 1.08. The van der Waals surface area contributed by atoms with Crippen molar-refractivity contribution in [2.45, 2.75) is 13.8 Å². The topological polar surface area (TPSA) is 42.1 Å². The Bertz CT molecular complexity index is 623. The molecule has 19 heavy (non-hydrogen) atoms. The molecule has 0 radical (unpaired) electrons. The third kappa shape index (κ3) is 2.74. The highest BCUT2D eigenvalue weighted by atomic mass is 32.1. The highest BCUT2D eigenvalue weighted by molar-refractivity contribution is 7.80. The molecule has 0 bridgehead atoms. The number of hydrogen-bond acceptors (Lipinski definition) is 3. The molecule has 2 rings (SSSR count). The Balaban J connectivity index is 2.55. The minimum absolute atomic E-state index is 0.364. The zero-order valence-electron chi connectivity index (χ0n) is 11.3. The van der Waals surface area contributed by atoms with Crippen molar-refractivity contribution >= 4 is 28.7 Å². The first-order chi connectivity index (χ1) is 9.00. The molecule has 0 unspecified atom stereocenters. The van der Waals surface area contributed by atoms with Crippen molar-refractivity contribution in [2.24, 2.45) is 5.73 Å². The van der Waals surface area contributed by atoms with Gasteiger partial charge in [-0.1, -0.05) is 30.4 Å². The lowest BCUT2D eigenvalue weighted by atomic mass is 10.1. The number of hydrogen-bond donors (Lipinski definition) is 1. The number of aryl methyl sites for hydroxylation is 2. The summed E-state index contributed by atoms with van der Waals surface area (Å²) in [5, 5.41) is 0. The number of para-hydroxylation sites is 1. The van der Waals surface area contributed by atoms with Crippen LogP contribution in [0, 0.1) is 13.8 Å². The number of aromatic nitrogens is 1. The summed E-state index contributed by atoms with van der Waals surface area (Å²) in [6.07, 6.45) is 0. The fraction of sp³-hybridized carbons (Fsp3) is 0.200. The van der Waals surface area contributed by atoms with E-state index in [1.54, 1.807) is 0 Å². The third-order valence-corrected chi connectivity index (χ3v) is 3.29. The van der Waals surface area contributed by atoms with Crippen molar-refractivity contribution in [1.29, 1.82) is 0 Å². The third-order valence-electron chi connectivity index (χ3n) is 3.07. The van der Waals surface area contributed by atoms with Gasteiger partial charge in [0.15, 0.2) is 0 Å². The van der Waals surface area contributed by atoms with Gasteiger partial charge < -0.3 is 10.6 Å². The van der Waals surface area contributed by atoms with Crippen molar-refractivity contribution in [3.63, 3.8) is 0 Å². The van der Waals surface area contributed by atoms with Crippen LogP contribution in [0.15, 0.2) is 36.4 Å². The monoisotopic (exact) mass is 271 g/mol. The number of thiocarbonyl (C=S) groups is 1. The van der Waals surface area contributed by atoms with Gasteiger partial charge in [-0.25, -0.2) is 4.98 Å². The van der Waals surface area contributed by atoms with Crippen LogP contribution >= 0.6 is 12.2 Å². The number of nitrogens with zero attached hydrogens (tertiary/aromatic N) is 2. The maximum Gasteiger partial charge on any atom is 0.143 e. The number of rotatable bonds is 3. The van der Waals surface area contributed by atoms with Crippen LogP contribution in [0.5, 0.6) is 0 Å². The van der Waals surface area contributed by atoms with E-state index < -0.39 is 0 Å². The van der Waals surface area contributed by atoms with Crippen molar-refractivity contribution in [2.75, 3.05) is 11.9 Å². The molecule has 0 saturated heterocycles. The van der Waals surface area contributed by atoms with Gasteiger partial charge >= 0.3 is 0 Å². The van der Waals surface area contributed by atoms with Crippen molar-refractivity contribution in [3.05, 3.63) is 53.2 Å². The van der Waals surface area contributed by atoms with Crippen LogP contribution in [0.4, 0.5) is 11.5 Å². The standard InChI is InChI=1S/C15H17N3S/c1-10-6-4-5-7-13(10)18(3)15-12(14(16)19)9-8-11(2)17-15/h4-9H,1-3H3,(H2,16,19). The van der Waals surface area contributed by atoms with E-state index in [1.165, 1.54) is 5.56 Å². The maximum atomic E-state index is 5.78. The molecule has 3 nitrogen and oxygen atoms in total. The number of benzene rings is 1. The first kappa shape index (κ1) is 13.5. The van der Waals surface area contributed by atoms with Crippen molar-refractivity contribution < 1.29 is 0 Å². The van der Waals surface area contributed by atoms with Crippen LogP contribution in [-0.4, -0.2) is 17.0 Å². The molecule has 0 aliphatic rings. The summed E-state index contributed by atoms with van der Waals surface area (Å²) >= 11 is 5.11. The minimum atomic E-state index is 0.364. The number of pyridine rings is 1. The average molecular weight is 271 g/mol. The molecule has 2 aromatic rings. The molecule has 0 amide bonds. The van der Waals surface area contributed by atoms with Gasteiger partial charge in [-0.3, -0.25) is 0 Å². The van der Waals surface area contributed by atoms with Gasteiger partial charge in [-0.2, -0.15) is 0 Å². The van der Waals surface area contributed by atoms with Gasteiger partial charge in [0.25, 0.3) is 0 Å². The molecule has 0 atom stereocenters. The lowest BCUT2D eigenvalue weighted by Gasteiger charge is -2.23. The molecule has 1 aromatic heterocycles. The van der Waals surface area contributed by atoms with E-state index in [1.807, 2.05) is 43.1 Å². The fourth-order valence-corrected chi connectivity index (χ4v) is 2.20. The smallest absolute Gasteiger partial charge is 0.143 e. The number of nitrogens with two attached hydrogens (primary N) is 1. The van der Waals surface area contributed by atoms with E-state index in [9.17, 15) is 0 Å². The molecule has 1 heterocycles. The zero-order valence-corrected chi connectivity index (χ0v) is 12.2. The van der Waals surface area contributed by atoms with Gasteiger partial charge in [-0.05, 0) is 37.6 Å². The van der Waals surface area contributed by atoms with Crippen LogP contribution in [0.3, 0.4) is 0 Å². The van der Waals surface area contributed by atoms with E-state index in [-0.39, 0.29) is 0 Å². The fourth-order valence-electron chi connectivity index (χ4n) is 2.04. The van der Waals surface area contributed by atoms with E-state index >= 15 is 0 Å². The summed E-state index contributed by atoms with van der Waals surface area (Å²) in [6.45, 7) is 4.03. The number of anilines is 2. The molecule has 4 heteroatoms. The molecule has 0 saturated carbocycles. The summed E-state index contributed by atoms with van der Waals surface area (Å²) < 4.78 is 0. The molecule has 98 valence electrons. The second-order valence-corrected chi connectivity index (χ2v) is 4.97. The molecular weight excluding hydrogens is 254 g/mol. The second-order valence-electron chi connectivity index (χ2n) is 4.53. The predicted octanol–water partition coefficient (Wildman–Crippen LogP) is 3.10. The minimum Gasteiger partial charge on any atom is -0.389 e. The summed E-state index contributed by atoms with van der Waals surface area (Å²) in [5.74, 6) is 0.793. The summed E-state index contributed by atoms with van der Waals surface area (Å²) in [6, 6.07) is 12.0. The Morgan fingerprint density at radius 3 is 2.47 bits per heavy atom. The molecule has 0 fully saturated rings. The molecule has 1 aromatic carbocycles. The van der Waals surface area contributed by atoms with Gasteiger partial charge in [0.1, 0.15) is 10.8 Å². The Labute approximate surface area is 119 Å². The normalized spacial score (nSPS) is 10.3. The molecule has 0 spiro atoms. The second kappa shape index (κ2) is 5.36. The first-order valence-electron chi connectivity index (χ1n) is 6.07. The largest absolute Gasteiger partial charge is 0.389 e. The lowest BCUT2D eigenvalue weighted by Crippen LogP contribution is -2.20. The van der Waals surface area contributed by atoms with Gasteiger partial charge in [0.05, 0.1) is 5.56 Å². The van der Waals surface area contributed by atoms with E-state index in [2.05, 4.69) is 24.0 Å².